The Morgan fingerprint density at radius 1 is 1.61 bits per heavy atom. The second-order valence-electron chi connectivity index (χ2n) is 3.95. The van der Waals surface area contributed by atoms with Crippen molar-refractivity contribution >= 4 is 22.0 Å². The lowest BCUT2D eigenvalue weighted by Crippen LogP contribution is -2.27. The van der Waals surface area contributed by atoms with Gasteiger partial charge in [-0.2, -0.15) is 5.10 Å². The fourth-order valence-electron chi connectivity index (χ4n) is 1.34. The maximum Gasteiger partial charge on any atom is 0.407 e. The van der Waals surface area contributed by atoms with Gasteiger partial charge in [0, 0.05) is 19.8 Å². The third-order valence-corrected chi connectivity index (χ3v) is 3.46. The SMILES string of the molecule is CNC(=O)O[C@H](C)COCc1nn(C)c(C)c1Br. The molecule has 6 nitrogen and oxygen atoms in total. The Bertz CT molecular complexity index is 420. The van der Waals surface area contributed by atoms with Gasteiger partial charge in [0.1, 0.15) is 11.8 Å². The van der Waals surface area contributed by atoms with Crippen LogP contribution in [-0.4, -0.2) is 35.6 Å². The molecule has 18 heavy (non-hydrogen) atoms. The van der Waals surface area contributed by atoms with E-state index < -0.39 is 6.09 Å². The van der Waals surface area contributed by atoms with Crippen molar-refractivity contribution in [2.75, 3.05) is 13.7 Å². The lowest BCUT2D eigenvalue weighted by atomic mass is 10.4. The summed E-state index contributed by atoms with van der Waals surface area (Å²) in [6.45, 7) is 4.45. The van der Waals surface area contributed by atoms with E-state index in [1.807, 2.05) is 14.0 Å². The summed E-state index contributed by atoms with van der Waals surface area (Å²) in [5.41, 5.74) is 1.88. The minimum absolute atomic E-state index is 0.298. The normalized spacial score (nSPS) is 12.3. The van der Waals surface area contributed by atoms with Crippen molar-refractivity contribution in [1.82, 2.24) is 15.1 Å². The smallest absolute Gasteiger partial charge is 0.407 e. The van der Waals surface area contributed by atoms with Crippen LogP contribution in [0.4, 0.5) is 4.79 Å². The van der Waals surface area contributed by atoms with Crippen molar-refractivity contribution < 1.29 is 14.3 Å². The van der Waals surface area contributed by atoms with E-state index in [1.165, 1.54) is 7.05 Å². The molecule has 1 amide bonds. The molecule has 0 unspecified atom stereocenters. The summed E-state index contributed by atoms with van der Waals surface area (Å²) in [6.07, 6.45) is -0.755. The van der Waals surface area contributed by atoms with Crippen LogP contribution < -0.4 is 5.32 Å². The fourth-order valence-corrected chi connectivity index (χ4v) is 1.79. The van der Waals surface area contributed by atoms with Crippen LogP contribution in [0.5, 0.6) is 0 Å². The van der Waals surface area contributed by atoms with Gasteiger partial charge in [-0.25, -0.2) is 4.79 Å². The Hall–Kier alpha value is -1.08. The van der Waals surface area contributed by atoms with Crippen molar-refractivity contribution in [3.63, 3.8) is 0 Å². The van der Waals surface area contributed by atoms with Crippen molar-refractivity contribution in [2.24, 2.45) is 7.05 Å². The zero-order valence-electron chi connectivity index (χ0n) is 11.0. The molecule has 0 aliphatic rings. The second kappa shape index (κ2) is 6.75. The number of rotatable bonds is 5. The molecule has 0 aromatic carbocycles. The number of nitrogens with one attached hydrogen (secondary N) is 1. The van der Waals surface area contributed by atoms with Crippen LogP contribution in [0, 0.1) is 6.92 Å². The molecule has 1 aromatic rings. The van der Waals surface area contributed by atoms with E-state index in [2.05, 4.69) is 26.3 Å². The van der Waals surface area contributed by atoms with E-state index in [1.54, 1.807) is 11.6 Å². The van der Waals surface area contributed by atoms with Crippen LogP contribution in [0.1, 0.15) is 18.3 Å². The number of aromatic nitrogens is 2. The average molecular weight is 320 g/mol. The van der Waals surface area contributed by atoms with Gasteiger partial charge >= 0.3 is 6.09 Å². The van der Waals surface area contributed by atoms with E-state index in [0.29, 0.717) is 13.2 Å². The number of amides is 1. The van der Waals surface area contributed by atoms with E-state index in [9.17, 15) is 4.79 Å². The summed E-state index contributed by atoms with van der Waals surface area (Å²) in [5.74, 6) is 0. The van der Waals surface area contributed by atoms with Gasteiger partial charge in [-0.05, 0) is 29.8 Å². The van der Waals surface area contributed by atoms with Gasteiger partial charge < -0.3 is 14.8 Å². The maximum atomic E-state index is 10.9. The van der Waals surface area contributed by atoms with Gasteiger partial charge in [-0.15, -0.1) is 0 Å². The molecule has 102 valence electrons. The minimum Gasteiger partial charge on any atom is -0.444 e. The molecule has 0 saturated carbocycles. The molecule has 1 heterocycles. The highest BCUT2D eigenvalue weighted by molar-refractivity contribution is 9.10. The highest BCUT2D eigenvalue weighted by Crippen LogP contribution is 2.20. The van der Waals surface area contributed by atoms with E-state index >= 15 is 0 Å². The number of hydrogen-bond donors (Lipinski definition) is 1. The van der Waals surface area contributed by atoms with Crippen LogP contribution in [0.2, 0.25) is 0 Å². The predicted molar refractivity (Wildman–Crippen MR) is 70.3 cm³/mol. The monoisotopic (exact) mass is 319 g/mol. The summed E-state index contributed by atoms with van der Waals surface area (Å²) in [6, 6.07) is 0. The number of aryl methyl sites for hydroxylation is 1. The zero-order chi connectivity index (χ0) is 13.7. The first kappa shape index (κ1) is 15.0. The highest BCUT2D eigenvalue weighted by Gasteiger charge is 2.12. The van der Waals surface area contributed by atoms with Gasteiger partial charge in [0.25, 0.3) is 0 Å². The first-order valence-corrected chi connectivity index (χ1v) is 6.39. The second-order valence-corrected chi connectivity index (χ2v) is 4.74. The minimum atomic E-state index is -0.457. The fraction of sp³-hybridized carbons (Fsp3) is 0.636. The van der Waals surface area contributed by atoms with Crippen LogP contribution in [0.15, 0.2) is 4.47 Å². The Kier molecular flexibility index (Phi) is 5.61. The predicted octanol–water partition coefficient (Wildman–Crippen LogP) is 1.75. The molecule has 1 aromatic heterocycles. The van der Waals surface area contributed by atoms with Crippen molar-refractivity contribution in [2.45, 2.75) is 26.6 Å². The van der Waals surface area contributed by atoms with Crippen LogP contribution in [-0.2, 0) is 23.1 Å². The van der Waals surface area contributed by atoms with Gasteiger partial charge in [-0.3, -0.25) is 4.68 Å². The number of nitrogens with zero attached hydrogens (tertiary/aromatic N) is 2. The molecule has 1 rings (SSSR count). The molecule has 7 heteroatoms. The van der Waals surface area contributed by atoms with Crippen LogP contribution >= 0.6 is 15.9 Å². The first-order valence-electron chi connectivity index (χ1n) is 5.59. The third kappa shape index (κ3) is 3.99. The van der Waals surface area contributed by atoms with Crippen LogP contribution in [0.25, 0.3) is 0 Å². The molecular weight excluding hydrogens is 302 g/mol. The molecule has 1 N–H and O–H groups in total. The van der Waals surface area contributed by atoms with Crippen molar-refractivity contribution in [3.05, 3.63) is 15.9 Å². The van der Waals surface area contributed by atoms with Crippen molar-refractivity contribution in [1.29, 1.82) is 0 Å². The Morgan fingerprint density at radius 2 is 2.28 bits per heavy atom. The number of carbonyl (C=O) groups excluding carboxylic acids is 1. The summed E-state index contributed by atoms with van der Waals surface area (Å²) in [5, 5.41) is 6.69. The number of hydrogen-bond acceptors (Lipinski definition) is 4. The Labute approximate surface area is 115 Å². The number of halogens is 1. The van der Waals surface area contributed by atoms with Crippen molar-refractivity contribution in [3.8, 4) is 0 Å². The Morgan fingerprint density at radius 3 is 2.78 bits per heavy atom. The zero-order valence-corrected chi connectivity index (χ0v) is 12.6. The van der Waals surface area contributed by atoms with Gasteiger partial charge in [0.2, 0.25) is 0 Å². The van der Waals surface area contributed by atoms with E-state index in [4.69, 9.17) is 9.47 Å². The van der Waals surface area contributed by atoms with Gasteiger partial charge in [0.15, 0.2) is 0 Å². The van der Waals surface area contributed by atoms with Gasteiger partial charge in [0.05, 0.1) is 17.7 Å². The summed E-state index contributed by atoms with van der Waals surface area (Å²) >= 11 is 3.46. The van der Waals surface area contributed by atoms with Gasteiger partial charge in [-0.1, -0.05) is 0 Å². The molecule has 0 aliphatic heterocycles. The van der Waals surface area contributed by atoms with E-state index in [-0.39, 0.29) is 6.10 Å². The largest absolute Gasteiger partial charge is 0.444 e. The molecule has 0 radical (unpaired) electrons. The molecule has 0 aliphatic carbocycles. The number of alkyl carbamates (subject to hydrolysis) is 1. The topological polar surface area (TPSA) is 65.4 Å². The summed E-state index contributed by atoms with van der Waals surface area (Å²) in [7, 11) is 3.39. The first-order chi connectivity index (χ1) is 8.45. The summed E-state index contributed by atoms with van der Waals surface area (Å²) in [4.78, 5) is 10.9. The molecule has 0 saturated heterocycles. The molecule has 0 bridgehead atoms. The quantitative estimate of drug-likeness (QED) is 0.898. The maximum absolute atomic E-state index is 10.9. The third-order valence-electron chi connectivity index (χ3n) is 2.43. The average Bonchev–Trinajstić information content (AvgIpc) is 2.57. The molecular formula is C11H18BrN3O3. The highest BCUT2D eigenvalue weighted by atomic mass is 79.9. The Balaban J connectivity index is 2.37. The summed E-state index contributed by atoms with van der Waals surface area (Å²) < 4.78 is 13.2. The lowest BCUT2D eigenvalue weighted by Gasteiger charge is -2.12. The lowest BCUT2D eigenvalue weighted by molar-refractivity contribution is 0.0213. The number of carbonyl (C=O) groups is 1. The number of ether oxygens (including phenoxy) is 2. The molecule has 0 fully saturated rings. The molecule has 1 atom stereocenters. The molecule has 0 spiro atoms. The van der Waals surface area contributed by atoms with E-state index in [0.717, 1.165) is 15.9 Å². The standard InChI is InChI=1S/C11H18BrN3O3/c1-7(18-11(16)13-3)5-17-6-9-10(12)8(2)15(4)14-9/h7H,5-6H2,1-4H3,(H,13,16)/t7-/m1/s1. The van der Waals surface area contributed by atoms with Crippen LogP contribution in [0.3, 0.4) is 0 Å².